The van der Waals surface area contributed by atoms with Crippen molar-refractivity contribution in [3.05, 3.63) is 0 Å². The van der Waals surface area contributed by atoms with E-state index in [0.717, 1.165) is 13.8 Å². The number of ether oxygens (including phenoxy) is 6. The molecule has 3 aliphatic heterocycles. The van der Waals surface area contributed by atoms with Gasteiger partial charge < -0.3 is 105 Å². The Morgan fingerprint density at radius 1 is 0.714 bits per heavy atom. The zero-order valence-electron chi connectivity index (χ0n) is 30.6. The molecule has 24 heteroatoms. The molecule has 56 heavy (non-hydrogen) atoms. The van der Waals surface area contributed by atoms with Gasteiger partial charge >= 0.3 is 5.97 Å². The molecule has 4 fully saturated rings. The van der Waals surface area contributed by atoms with Crippen LogP contribution in [0, 0.1) is 5.92 Å². The van der Waals surface area contributed by atoms with Gasteiger partial charge in [-0.2, -0.15) is 0 Å². The van der Waals surface area contributed by atoms with Gasteiger partial charge in [0, 0.05) is 26.2 Å². The van der Waals surface area contributed by atoms with Crippen LogP contribution in [0.15, 0.2) is 0 Å². The Bertz CT molecular complexity index is 1330. The molecule has 4 aliphatic rings. The molecule has 0 bridgehead atoms. The molecule has 24 nitrogen and oxygen atoms in total. The maximum absolute atomic E-state index is 13.0. The van der Waals surface area contributed by atoms with Gasteiger partial charge in [-0.25, -0.2) is 4.79 Å². The summed E-state index contributed by atoms with van der Waals surface area (Å²) in [5, 5.41) is 142. The lowest BCUT2D eigenvalue weighted by molar-refractivity contribution is -0.375. The molecule has 0 unspecified atom stereocenters. The molecule has 3 heterocycles. The van der Waals surface area contributed by atoms with Gasteiger partial charge in [-0.15, -0.1) is 0 Å². The van der Waals surface area contributed by atoms with E-state index in [1.54, 1.807) is 0 Å². The number of carbonyl (C=O) groups is 3. The molecular weight excluding hydrogens is 764 g/mol. The maximum Gasteiger partial charge on any atom is 0.336 e. The molecule has 21 atom stereocenters. The van der Waals surface area contributed by atoms with Gasteiger partial charge in [-0.1, -0.05) is 0 Å². The summed E-state index contributed by atoms with van der Waals surface area (Å²) in [5.74, 6) is -4.77. The number of amides is 2. The van der Waals surface area contributed by atoms with Crippen LogP contribution in [-0.4, -0.2) is 226 Å². The average molecular weight is 819 g/mol. The molecule has 1 aliphatic carbocycles. The lowest BCUT2D eigenvalue weighted by Gasteiger charge is -2.51. The van der Waals surface area contributed by atoms with E-state index in [4.69, 9.17) is 28.4 Å². The first-order valence-electron chi connectivity index (χ1n) is 17.9. The smallest absolute Gasteiger partial charge is 0.336 e. The summed E-state index contributed by atoms with van der Waals surface area (Å²) in [7, 11) is 0. The lowest BCUT2D eigenvalue weighted by Crippen LogP contribution is -2.70. The SMILES string of the molecule is CC(=O)N[C@H]1[C@H]([C@H](O)[C@H](O)CO)C[C@@](O[C@@H]2[C@H](O)[C@H](O[C@H]3[C@H](O[C@@H]4O[C@@H](C)[C@@H](O)[C@@H](O)[C@@H]4O)[C@H](NC(C)=O)[C@H](O)O[C@H]3CO)O[C@@H](CO)[C@H]2O)(C(=O)O)C[C@H]1O. The molecule has 0 spiro atoms. The summed E-state index contributed by atoms with van der Waals surface area (Å²) < 4.78 is 34.4. The van der Waals surface area contributed by atoms with E-state index >= 15 is 0 Å². The number of hydrogen-bond donors (Lipinski definition) is 15. The molecule has 1 saturated carbocycles. The predicted octanol–water partition coefficient (Wildman–Crippen LogP) is -8.56. The van der Waals surface area contributed by atoms with Crippen molar-refractivity contribution in [2.45, 2.75) is 156 Å². The van der Waals surface area contributed by atoms with Gasteiger partial charge in [0.2, 0.25) is 11.8 Å². The fourth-order valence-corrected chi connectivity index (χ4v) is 7.61. The summed E-state index contributed by atoms with van der Waals surface area (Å²) in [5.41, 5.74) is -2.62. The Labute approximate surface area is 319 Å². The number of carboxylic acid groups (broad SMARTS) is 1. The quantitative estimate of drug-likeness (QED) is 0.0774. The highest BCUT2D eigenvalue weighted by Crippen LogP contribution is 2.42. The standard InChI is InChI=1S/C32H54N2O22/c1-9-19(42)22(45)23(46)29(51-9)55-26-18(34-11(3)39)28(48)52-16(8-37)25(26)54-30-24(47)27(21(44)15(7-36)53-30)56-32(31(49)50)4-12(20(43)14(41)6-35)17(13(40)5-32)33-10(2)38/h9,12-30,35-37,40-48H,4-8H2,1-3H3,(H,33,38)(H,34,39)(H,49,50)/t9-,12+,13+,14+,15-,16-,17-,18-,19+,20-,21+,22+,23-,24-,25+,26+,27-,28+,29-,30-,32-/m0/s1. The Balaban J connectivity index is 1.71. The summed E-state index contributed by atoms with van der Waals surface area (Å²) >= 11 is 0. The molecule has 0 aromatic rings. The number of aliphatic hydroxyl groups is 12. The zero-order valence-corrected chi connectivity index (χ0v) is 30.6. The zero-order chi connectivity index (χ0) is 42.0. The second-order valence-electron chi connectivity index (χ2n) is 14.6. The molecule has 0 aromatic carbocycles. The van der Waals surface area contributed by atoms with Crippen molar-refractivity contribution >= 4 is 17.8 Å². The van der Waals surface area contributed by atoms with Crippen LogP contribution in [0.1, 0.15) is 33.6 Å². The van der Waals surface area contributed by atoms with Gasteiger partial charge in [0.15, 0.2) is 24.5 Å². The number of carbonyl (C=O) groups excluding carboxylic acids is 2. The van der Waals surface area contributed by atoms with E-state index < -0.39 is 178 Å². The van der Waals surface area contributed by atoms with Crippen molar-refractivity contribution in [3.8, 4) is 0 Å². The van der Waals surface area contributed by atoms with E-state index in [1.807, 2.05) is 0 Å². The van der Waals surface area contributed by atoms with Crippen molar-refractivity contribution in [1.82, 2.24) is 10.6 Å². The third-order valence-corrected chi connectivity index (χ3v) is 10.5. The first kappa shape index (κ1) is 46.4. The Morgan fingerprint density at radius 3 is 1.84 bits per heavy atom. The van der Waals surface area contributed by atoms with E-state index in [1.165, 1.54) is 6.92 Å². The van der Waals surface area contributed by atoms with Gasteiger partial charge in [0.1, 0.15) is 73.2 Å². The molecule has 0 radical (unpaired) electrons. The Kier molecular flexibility index (Phi) is 15.9. The third-order valence-electron chi connectivity index (χ3n) is 10.5. The van der Waals surface area contributed by atoms with Crippen LogP contribution in [0.3, 0.4) is 0 Å². The van der Waals surface area contributed by atoms with E-state index in [0.29, 0.717) is 0 Å². The van der Waals surface area contributed by atoms with E-state index in [9.17, 15) is 80.8 Å². The molecule has 324 valence electrons. The van der Waals surface area contributed by atoms with Crippen LogP contribution in [0.2, 0.25) is 0 Å². The minimum atomic E-state index is -2.62. The highest BCUT2D eigenvalue weighted by Gasteiger charge is 2.59. The normalized spacial score (nSPS) is 45.7. The first-order valence-corrected chi connectivity index (χ1v) is 17.9. The number of carboxylic acids is 1. The van der Waals surface area contributed by atoms with Crippen LogP contribution < -0.4 is 10.6 Å². The van der Waals surface area contributed by atoms with Crippen molar-refractivity contribution in [3.63, 3.8) is 0 Å². The van der Waals surface area contributed by atoms with Crippen molar-refractivity contribution in [2.75, 3.05) is 19.8 Å². The Hall–Kier alpha value is -2.31. The first-order chi connectivity index (χ1) is 26.2. The van der Waals surface area contributed by atoms with Crippen LogP contribution >= 0.6 is 0 Å². The van der Waals surface area contributed by atoms with Gasteiger partial charge in [-0.05, 0) is 13.3 Å². The number of aliphatic carboxylic acids is 1. The third kappa shape index (κ3) is 9.75. The highest BCUT2D eigenvalue weighted by atomic mass is 16.8. The molecule has 2 amide bonds. The minimum absolute atomic E-state index is 0.703. The highest BCUT2D eigenvalue weighted by molar-refractivity contribution is 5.78. The fraction of sp³-hybridized carbons (Fsp3) is 0.906. The van der Waals surface area contributed by atoms with Crippen molar-refractivity contribution in [1.29, 1.82) is 0 Å². The predicted molar refractivity (Wildman–Crippen MR) is 176 cm³/mol. The van der Waals surface area contributed by atoms with Crippen molar-refractivity contribution < 1.29 is 109 Å². The minimum Gasteiger partial charge on any atom is -0.479 e. The van der Waals surface area contributed by atoms with Crippen LogP contribution in [-0.2, 0) is 42.8 Å². The fourth-order valence-electron chi connectivity index (χ4n) is 7.61. The van der Waals surface area contributed by atoms with Crippen molar-refractivity contribution in [2.24, 2.45) is 5.92 Å². The van der Waals surface area contributed by atoms with Crippen LogP contribution in [0.5, 0.6) is 0 Å². The topological polar surface area (TPSA) is 394 Å². The van der Waals surface area contributed by atoms with Crippen LogP contribution in [0.25, 0.3) is 0 Å². The summed E-state index contributed by atoms with van der Waals surface area (Å²) in [6.07, 6.45) is -32.7. The van der Waals surface area contributed by atoms with Crippen LogP contribution in [0.4, 0.5) is 0 Å². The number of hydrogen-bond acceptors (Lipinski definition) is 21. The van der Waals surface area contributed by atoms with E-state index in [-0.39, 0.29) is 0 Å². The number of rotatable bonds is 14. The molecule has 3 saturated heterocycles. The second-order valence-corrected chi connectivity index (χ2v) is 14.6. The van der Waals surface area contributed by atoms with E-state index in [2.05, 4.69) is 10.6 Å². The lowest BCUT2D eigenvalue weighted by atomic mass is 9.70. The Morgan fingerprint density at radius 2 is 1.29 bits per heavy atom. The molecule has 15 N–H and O–H groups in total. The molecular formula is C32H54N2O22. The average Bonchev–Trinajstić information content (AvgIpc) is 3.14. The van der Waals surface area contributed by atoms with Gasteiger partial charge in [0.25, 0.3) is 0 Å². The van der Waals surface area contributed by atoms with Gasteiger partial charge in [-0.3, -0.25) is 9.59 Å². The summed E-state index contributed by atoms with van der Waals surface area (Å²) in [6, 6.07) is -2.98. The molecule has 0 aromatic heterocycles. The summed E-state index contributed by atoms with van der Waals surface area (Å²) in [6.45, 7) is 0.501. The second kappa shape index (κ2) is 19.2. The number of nitrogens with one attached hydrogen (secondary N) is 2. The summed E-state index contributed by atoms with van der Waals surface area (Å²) in [4.78, 5) is 37.2. The monoisotopic (exact) mass is 818 g/mol. The maximum atomic E-state index is 13.0. The van der Waals surface area contributed by atoms with Gasteiger partial charge in [0.05, 0.1) is 44.2 Å². The number of aliphatic hydroxyl groups excluding tert-OH is 12. The largest absolute Gasteiger partial charge is 0.479 e. The molecule has 4 rings (SSSR count).